The zero-order chi connectivity index (χ0) is 8.43. The Morgan fingerprint density at radius 2 is 2.27 bits per heavy atom. The second kappa shape index (κ2) is 3.19. The summed E-state index contributed by atoms with van der Waals surface area (Å²) in [7, 11) is 0. The van der Waals surface area contributed by atoms with Gasteiger partial charge in [0.1, 0.15) is 0 Å². The van der Waals surface area contributed by atoms with Crippen LogP contribution in [0.15, 0.2) is 4.79 Å². The molecule has 0 saturated carbocycles. The lowest BCUT2D eigenvalue weighted by atomic mass is 10.4. The van der Waals surface area contributed by atoms with Gasteiger partial charge < -0.3 is 10.3 Å². The second-order valence-corrected chi connectivity index (χ2v) is 3.37. The topological polar surface area (TPSA) is 48.0 Å². The Morgan fingerprint density at radius 3 is 2.55 bits per heavy atom. The number of rotatable bonds is 2. The van der Waals surface area contributed by atoms with Crippen molar-refractivity contribution in [2.75, 3.05) is 0 Å². The van der Waals surface area contributed by atoms with Crippen molar-refractivity contribution in [1.82, 2.24) is 4.57 Å². The van der Waals surface area contributed by atoms with E-state index in [4.69, 9.17) is 5.73 Å². The highest BCUT2D eigenvalue weighted by molar-refractivity contribution is 7.09. The highest BCUT2D eigenvalue weighted by Crippen LogP contribution is 2.09. The molecule has 0 saturated heterocycles. The SMILES string of the molecule is CCn1c(C)c(CN)sc1=O. The fourth-order valence-corrected chi connectivity index (χ4v) is 2.01. The van der Waals surface area contributed by atoms with Gasteiger partial charge in [-0.05, 0) is 13.8 Å². The smallest absolute Gasteiger partial charge is 0.307 e. The Labute approximate surface area is 69.5 Å². The van der Waals surface area contributed by atoms with Crippen LogP contribution in [0, 0.1) is 6.92 Å². The second-order valence-electron chi connectivity index (χ2n) is 2.32. The van der Waals surface area contributed by atoms with Crippen LogP contribution in [-0.2, 0) is 13.1 Å². The molecule has 0 bridgehead atoms. The molecule has 1 aromatic heterocycles. The monoisotopic (exact) mass is 172 g/mol. The Hall–Kier alpha value is -0.610. The summed E-state index contributed by atoms with van der Waals surface area (Å²) in [6.07, 6.45) is 0. The molecule has 0 atom stereocenters. The minimum absolute atomic E-state index is 0.102. The molecule has 0 amide bonds. The van der Waals surface area contributed by atoms with Gasteiger partial charge in [0.25, 0.3) is 0 Å². The van der Waals surface area contributed by atoms with Gasteiger partial charge in [-0.15, -0.1) is 0 Å². The van der Waals surface area contributed by atoms with Crippen molar-refractivity contribution >= 4 is 11.3 Å². The molecular weight excluding hydrogens is 160 g/mol. The van der Waals surface area contributed by atoms with Crippen LogP contribution >= 0.6 is 11.3 Å². The summed E-state index contributed by atoms with van der Waals surface area (Å²) in [5.41, 5.74) is 6.46. The maximum Gasteiger partial charge on any atom is 0.307 e. The van der Waals surface area contributed by atoms with Crippen LogP contribution in [0.25, 0.3) is 0 Å². The van der Waals surface area contributed by atoms with E-state index in [2.05, 4.69) is 0 Å². The summed E-state index contributed by atoms with van der Waals surface area (Å²) in [6, 6.07) is 0. The first kappa shape index (κ1) is 8.49. The fourth-order valence-electron chi connectivity index (χ4n) is 1.08. The van der Waals surface area contributed by atoms with Crippen molar-refractivity contribution in [2.24, 2.45) is 5.73 Å². The molecule has 1 rings (SSSR count). The molecule has 0 aliphatic rings. The van der Waals surface area contributed by atoms with Crippen molar-refractivity contribution in [3.05, 3.63) is 20.2 Å². The number of hydrogen-bond donors (Lipinski definition) is 1. The number of thiazole rings is 1. The Balaban J connectivity index is 3.25. The lowest BCUT2D eigenvalue weighted by Gasteiger charge is -1.98. The molecule has 0 radical (unpaired) electrons. The molecule has 4 heteroatoms. The number of nitrogens with two attached hydrogens (primary N) is 1. The summed E-state index contributed by atoms with van der Waals surface area (Å²) < 4.78 is 1.74. The zero-order valence-corrected chi connectivity index (χ0v) is 7.57. The molecule has 0 aliphatic heterocycles. The van der Waals surface area contributed by atoms with E-state index in [-0.39, 0.29) is 4.87 Å². The van der Waals surface area contributed by atoms with Crippen molar-refractivity contribution in [2.45, 2.75) is 26.9 Å². The van der Waals surface area contributed by atoms with Crippen LogP contribution in [0.3, 0.4) is 0 Å². The van der Waals surface area contributed by atoms with Crippen LogP contribution in [0.2, 0.25) is 0 Å². The third kappa shape index (κ3) is 1.36. The largest absolute Gasteiger partial charge is 0.326 e. The molecule has 0 fully saturated rings. The van der Waals surface area contributed by atoms with Crippen LogP contribution in [0.5, 0.6) is 0 Å². The van der Waals surface area contributed by atoms with Crippen molar-refractivity contribution in [1.29, 1.82) is 0 Å². The molecule has 1 aromatic rings. The van der Waals surface area contributed by atoms with Gasteiger partial charge in [0.05, 0.1) is 0 Å². The lowest BCUT2D eigenvalue weighted by molar-refractivity contribution is 0.717. The molecule has 0 spiro atoms. The van der Waals surface area contributed by atoms with Crippen molar-refractivity contribution < 1.29 is 0 Å². The van der Waals surface area contributed by atoms with Crippen LogP contribution < -0.4 is 10.6 Å². The third-order valence-corrected chi connectivity index (χ3v) is 2.84. The molecule has 2 N–H and O–H groups in total. The first-order valence-corrected chi connectivity index (χ1v) is 4.41. The van der Waals surface area contributed by atoms with E-state index in [0.29, 0.717) is 6.54 Å². The van der Waals surface area contributed by atoms with Gasteiger partial charge in [0.2, 0.25) is 0 Å². The van der Waals surface area contributed by atoms with Gasteiger partial charge in [-0.1, -0.05) is 11.3 Å². The van der Waals surface area contributed by atoms with Gasteiger partial charge in [-0.2, -0.15) is 0 Å². The highest BCUT2D eigenvalue weighted by Gasteiger charge is 2.06. The summed E-state index contributed by atoms with van der Waals surface area (Å²) in [5, 5.41) is 0. The standard InChI is InChI=1S/C7H12N2OS/c1-3-9-5(2)6(4-8)11-7(9)10/h3-4,8H2,1-2H3. The van der Waals surface area contributed by atoms with Gasteiger partial charge in [0.15, 0.2) is 0 Å². The van der Waals surface area contributed by atoms with Gasteiger partial charge in [-0.3, -0.25) is 4.79 Å². The van der Waals surface area contributed by atoms with E-state index in [0.717, 1.165) is 17.1 Å². The molecule has 0 unspecified atom stereocenters. The predicted octanol–water partition coefficient (Wildman–Crippen LogP) is 0.697. The van der Waals surface area contributed by atoms with Crippen molar-refractivity contribution in [3.63, 3.8) is 0 Å². The molecule has 0 aromatic carbocycles. The number of nitrogens with zero attached hydrogens (tertiary/aromatic N) is 1. The minimum atomic E-state index is 0.102. The molecular formula is C7H12N2OS. The molecule has 62 valence electrons. The first-order valence-electron chi connectivity index (χ1n) is 3.59. The average Bonchev–Trinajstić information content (AvgIpc) is 2.26. The van der Waals surface area contributed by atoms with Crippen molar-refractivity contribution in [3.8, 4) is 0 Å². The number of aromatic nitrogens is 1. The van der Waals surface area contributed by atoms with Crippen LogP contribution in [-0.4, -0.2) is 4.57 Å². The zero-order valence-electron chi connectivity index (χ0n) is 6.76. The quantitative estimate of drug-likeness (QED) is 0.713. The van der Waals surface area contributed by atoms with Crippen LogP contribution in [0.1, 0.15) is 17.5 Å². The van der Waals surface area contributed by atoms with E-state index >= 15 is 0 Å². The maximum atomic E-state index is 11.2. The van der Waals surface area contributed by atoms with Gasteiger partial charge in [0, 0.05) is 23.7 Å². The maximum absolute atomic E-state index is 11.2. The number of hydrogen-bond acceptors (Lipinski definition) is 3. The Bertz CT molecular complexity index is 300. The van der Waals surface area contributed by atoms with Gasteiger partial charge >= 0.3 is 4.87 Å². The first-order chi connectivity index (χ1) is 5.20. The molecule has 0 aliphatic carbocycles. The van der Waals surface area contributed by atoms with Crippen LogP contribution in [0.4, 0.5) is 0 Å². The Morgan fingerprint density at radius 1 is 1.64 bits per heavy atom. The van der Waals surface area contributed by atoms with E-state index in [9.17, 15) is 4.79 Å². The minimum Gasteiger partial charge on any atom is -0.326 e. The summed E-state index contributed by atoms with van der Waals surface area (Å²) in [5.74, 6) is 0. The highest BCUT2D eigenvalue weighted by atomic mass is 32.1. The normalized spacial score (nSPS) is 10.5. The fraction of sp³-hybridized carbons (Fsp3) is 0.571. The van der Waals surface area contributed by atoms with Gasteiger partial charge in [-0.25, -0.2) is 0 Å². The summed E-state index contributed by atoms with van der Waals surface area (Å²) >= 11 is 1.25. The molecule has 1 heterocycles. The van der Waals surface area contributed by atoms with E-state index in [1.165, 1.54) is 11.3 Å². The average molecular weight is 172 g/mol. The molecule has 3 nitrogen and oxygen atoms in total. The lowest BCUT2D eigenvalue weighted by Crippen LogP contribution is -2.12. The molecule has 11 heavy (non-hydrogen) atoms. The van der Waals surface area contributed by atoms with E-state index in [1.54, 1.807) is 4.57 Å². The predicted molar refractivity (Wildman–Crippen MR) is 46.9 cm³/mol. The third-order valence-electron chi connectivity index (χ3n) is 1.74. The van der Waals surface area contributed by atoms with E-state index < -0.39 is 0 Å². The summed E-state index contributed by atoms with van der Waals surface area (Å²) in [6.45, 7) is 5.10. The van der Waals surface area contributed by atoms with E-state index in [1.807, 2.05) is 13.8 Å². The summed E-state index contributed by atoms with van der Waals surface area (Å²) in [4.78, 5) is 12.3. The Kier molecular flexibility index (Phi) is 2.46.